The first-order chi connectivity index (χ1) is 12.0. The number of rotatable bonds is 6. The summed E-state index contributed by atoms with van der Waals surface area (Å²) in [7, 11) is 3.78. The molecule has 25 heavy (non-hydrogen) atoms. The maximum absolute atomic E-state index is 12.2. The number of likely N-dealkylation sites (N-methyl/N-ethyl adjacent to an activating group) is 1. The van der Waals surface area contributed by atoms with Gasteiger partial charge in [0.15, 0.2) is 5.13 Å². The molecule has 0 radical (unpaired) electrons. The normalized spacial score (nSPS) is 11.0. The SMILES string of the molecule is CN(CC(=O)Nc1nc(-c2ccc(Br)cc2)cs1)Cc1cnn(C)c1. The first-order valence-corrected chi connectivity index (χ1v) is 9.34. The third-order valence-electron chi connectivity index (χ3n) is 3.51. The lowest BCUT2D eigenvalue weighted by Gasteiger charge is -2.14. The molecular formula is C17H18BrN5OS. The minimum absolute atomic E-state index is 0.0805. The van der Waals surface area contributed by atoms with E-state index < -0.39 is 0 Å². The molecule has 0 fully saturated rings. The number of carbonyl (C=O) groups excluding carboxylic acids is 1. The molecule has 0 saturated heterocycles. The topological polar surface area (TPSA) is 63.1 Å². The fourth-order valence-corrected chi connectivity index (χ4v) is 3.41. The van der Waals surface area contributed by atoms with Crippen LogP contribution in [0.4, 0.5) is 5.13 Å². The van der Waals surface area contributed by atoms with Crippen molar-refractivity contribution in [3.8, 4) is 11.3 Å². The van der Waals surface area contributed by atoms with E-state index in [0.717, 1.165) is 21.3 Å². The molecule has 130 valence electrons. The first kappa shape index (κ1) is 17.8. The van der Waals surface area contributed by atoms with E-state index in [1.54, 1.807) is 10.9 Å². The minimum Gasteiger partial charge on any atom is -0.301 e. The Balaban J connectivity index is 1.55. The van der Waals surface area contributed by atoms with Gasteiger partial charge >= 0.3 is 0 Å². The van der Waals surface area contributed by atoms with Gasteiger partial charge in [0.2, 0.25) is 5.91 Å². The number of nitrogens with one attached hydrogen (secondary N) is 1. The molecule has 1 aromatic carbocycles. The Morgan fingerprint density at radius 3 is 2.80 bits per heavy atom. The first-order valence-electron chi connectivity index (χ1n) is 7.67. The Kier molecular flexibility index (Phi) is 5.62. The standard InChI is InChI=1S/C17H18BrN5OS/c1-22(8-12-7-19-23(2)9-12)10-16(24)21-17-20-15(11-25-17)13-3-5-14(18)6-4-13/h3-7,9,11H,8,10H2,1-2H3,(H,20,21,24). The predicted octanol–water partition coefficient (Wildman–Crippen LogP) is 3.38. The van der Waals surface area contributed by atoms with E-state index in [1.165, 1.54) is 11.3 Å². The molecule has 0 spiro atoms. The fourth-order valence-electron chi connectivity index (χ4n) is 2.41. The number of amides is 1. The number of nitrogens with zero attached hydrogens (tertiary/aromatic N) is 4. The molecule has 1 N–H and O–H groups in total. The molecule has 0 aliphatic heterocycles. The number of hydrogen-bond acceptors (Lipinski definition) is 5. The average Bonchev–Trinajstić information content (AvgIpc) is 3.17. The maximum Gasteiger partial charge on any atom is 0.240 e. The van der Waals surface area contributed by atoms with Crippen molar-refractivity contribution in [1.29, 1.82) is 0 Å². The number of carbonyl (C=O) groups is 1. The highest BCUT2D eigenvalue weighted by molar-refractivity contribution is 9.10. The average molecular weight is 420 g/mol. The number of halogens is 1. The van der Waals surface area contributed by atoms with Crippen molar-refractivity contribution in [1.82, 2.24) is 19.7 Å². The molecule has 6 nitrogen and oxygen atoms in total. The molecular weight excluding hydrogens is 402 g/mol. The summed E-state index contributed by atoms with van der Waals surface area (Å²) in [6.07, 6.45) is 3.75. The lowest BCUT2D eigenvalue weighted by Crippen LogP contribution is -2.29. The van der Waals surface area contributed by atoms with Crippen LogP contribution in [0.15, 0.2) is 46.5 Å². The zero-order valence-electron chi connectivity index (χ0n) is 13.9. The van der Waals surface area contributed by atoms with Gasteiger partial charge in [0.1, 0.15) is 0 Å². The Labute approximate surface area is 158 Å². The van der Waals surface area contributed by atoms with Crippen LogP contribution in [0.5, 0.6) is 0 Å². The summed E-state index contributed by atoms with van der Waals surface area (Å²) < 4.78 is 2.78. The van der Waals surface area contributed by atoms with E-state index in [-0.39, 0.29) is 5.91 Å². The molecule has 0 atom stereocenters. The molecule has 0 bridgehead atoms. The lowest BCUT2D eigenvalue weighted by atomic mass is 10.2. The van der Waals surface area contributed by atoms with Crippen molar-refractivity contribution in [3.05, 3.63) is 52.1 Å². The zero-order chi connectivity index (χ0) is 17.8. The Hall–Kier alpha value is -2.03. The molecule has 2 heterocycles. The molecule has 0 unspecified atom stereocenters. The fraction of sp³-hybridized carbons (Fsp3) is 0.235. The third-order valence-corrected chi connectivity index (χ3v) is 4.80. The molecule has 0 saturated carbocycles. The van der Waals surface area contributed by atoms with Gasteiger partial charge in [0.25, 0.3) is 0 Å². The largest absolute Gasteiger partial charge is 0.301 e. The zero-order valence-corrected chi connectivity index (χ0v) is 16.3. The second-order valence-electron chi connectivity index (χ2n) is 5.79. The van der Waals surface area contributed by atoms with Crippen LogP contribution < -0.4 is 5.32 Å². The van der Waals surface area contributed by atoms with Crippen LogP contribution in [0.2, 0.25) is 0 Å². The van der Waals surface area contributed by atoms with E-state index in [2.05, 4.69) is 31.3 Å². The van der Waals surface area contributed by atoms with E-state index in [9.17, 15) is 4.79 Å². The third kappa shape index (κ3) is 4.97. The number of aromatic nitrogens is 3. The van der Waals surface area contributed by atoms with Gasteiger partial charge in [0, 0.05) is 40.8 Å². The van der Waals surface area contributed by atoms with Crippen LogP contribution in [0.1, 0.15) is 5.56 Å². The molecule has 3 rings (SSSR count). The molecule has 1 amide bonds. The summed E-state index contributed by atoms with van der Waals surface area (Å²) >= 11 is 4.84. The van der Waals surface area contributed by atoms with Crippen LogP contribution in [0.3, 0.4) is 0 Å². The highest BCUT2D eigenvalue weighted by Crippen LogP contribution is 2.26. The van der Waals surface area contributed by atoms with Gasteiger partial charge in [-0.3, -0.25) is 14.4 Å². The van der Waals surface area contributed by atoms with Crippen molar-refractivity contribution in [2.45, 2.75) is 6.54 Å². The van der Waals surface area contributed by atoms with Crippen molar-refractivity contribution in [2.24, 2.45) is 7.05 Å². The summed E-state index contributed by atoms with van der Waals surface area (Å²) in [6.45, 7) is 0.964. The molecule has 2 aromatic heterocycles. The van der Waals surface area contributed by atoms with Gasteiger partial charge in [-0.2, -0.15) is 5.10 Å². The number of hydrogen-bond donors (Lipinski definition) is 1. The van der Waals surface area contributed by atoms with Gasteiger partial charge in [-0.1, -0.05) is 28.1 Å². The Bertz CT molecular complexity index is 858. The highest BCUT2D eigenvalue weighted by atomic mass is 79.9. The van der Waals surface area contributed by atoms with Gasteiger partial charge in [0.05, 0.1) is 18.4 Å². The van der Waals surface area contributed by atoms with Crippen molar-refractivity contribution in [3.63, 3.8) is 0 Å². The van der Waals surface area contributed by atoms with E-state index in [1.807, 2.05) is 54.8 Å². The summed E-state index contributed by atoms with van der Waals surface area (Å²) in [5, 5.41) is 9.55. The van der Waals surface area contributed by atoms with Crippen molar-refractivity contribution < 1.29 is 4.79 Å². The van der Waals surface area contributed by atoms with Crippen LogP contribution in [0, 0.1) is 0 Å². The van der Waals surface area contributed by atoms with Gasteiger partial charge < -0.3 is 5.32 Å². The number of thiazole rings is 1. The summed E-state index contributed by atoms with van der Waals surface area (Å²) in [4.78, 5) is 18.6. The van der Waals surface area contributed by atoms with Crippen LogP contribution in [0.25, 0.3) is 11.3 Å². The minimum atomic E-state index is -0.0805. The van der Waals surface area contributed by atoms with Crippen molar-refractivity contribution in [2.75, 3.05) is 18.9 Å². The van der Waals surface area contributed by atoms with Crippen molar-refractivity contribution >= 4 is 38.3 Å². The van der Waals surface area contributed by atoms with Gasteiger partial charge in [-0.25, -0.2) is 4.98 Å². The monoisotopic (exact) mass is 419 g/mol. The Morgan fingerprint density at radius 2 is 2.12 bits per heavy atom. The van der Waals surface area contributed by atoms with Crippen LogP contribution in [-0.4, -0.2) is 39.2 Å². The highest BCUT2D eigenvalue weighted by Gasteiger charge is 2.11. The van der Waals surface area contributed by atoms with E-state index in [0.29, 0.717) is 18.2 Å². The maximum atomic E-state index is 12.2. The molecule has 0 aliphatic carbocycles. The predicted molar refractivity (Wildman–Crippen MR) is 103 cm³/mol. The number of benzene rings is 1. The number of aryl methyl sites for hydroxylation is 1. The van der Waals surface area contributed by atoms with Crippen LogP contribution in [-0.2, 0) is 18.4 Å². The lowest BCUT2D eigenvalue weighted by molar-refractivity contribution is -0.117. The molecule has 8 heteroatoms. The van der Waals surface area contributed by atoms with E-state index in [4.69, 9.17) is 0 Å². The van der Waals surface area contributed by atoms with E-state index >= 15 is 0 Å². The quantitative estimate of drug-likeness (QED) is 0.664. The smallest absolute Gasteiger partial charge is 0.240 e. The summed E-state index contributed by atoms with van der Waals surface area (Å²) in [5.41, 5.74) is 2.95. The Morgan fingerprint density at radius 1 is 1.36 bits per heavy atom. The summed E-state index contributed by atoms with van der Waals surface area (Å²) in [5.74, 6) is -0.0805. The van der Waals surface area contributed by atoms with Gasteiger partial charge in [-0.15, -0.1) is 11.3 Å². The summed E-state index contributed by atoms with van der Waals surface area (Å²) in [6, 6.07) is 7.93. The molecule has 3 aromatic rings. The van der Waals surface area contributed by atoms with Crippen LogP contribution >= 0.6 is 27.3 Å². The second-order valence-corrected chi connectivity index (χ2v) is 7.56. The molecule has 0 aliphatic rings. The van der Waals surface area contributed by atoms with Gasteiger partial charge in [-0.05, 0) is 19.2 Å². The second kappa shape index (κ2) is 7.90. The number of anilines is 1.